The molecule has 1 atom stereocenters. The van der Waals surface area contributed by atoms with Gasteiger partial charge in [0.25, 0.3) is 5.91 Å². The summed E-state index contributed by atoms with van der Waals surface area (Å²) in [5.74, 6) is 0.306. The molecule has 17 heavy (non-hydrogen) atoms. The molecule has 1 heterocycles. The number of carbonyl (C=O) groups is 1. The van der Waals surface area contributed by atoms with Crippen LogP contribution in [0.5, 0.6) is 0 Å². The van der Waals surface area contributed by atoms with E-state index in [1.165, 1.54) is 4.31 Å². The molecule has 3 nitrogen and oxygen atoms in total. The summed E-state index contributed by atoms with van der Waals surface area (Å²) < 4.78 is 13.4. The second kappa shape index (κ2) is 4.84. The van der Waals surface area contributed by atoms with Crippen molar-refractivity contribution in [3.05, 3.63) is 47.0 Å². The van der Waals surface area contributed by atoms with Gasteiger partial charge in [0.2, 0.25) is 0 Å². The van der Waals surface area contributed by atoms with E-state index in [9.17, 15) is 9.00 Å². The van der Waals surface area contributed by atoms with Crippen LogP contribution in [0.4, 0.5) is 0 Å². The van der Waals surface area contributed by atoms with E-state index in [1.807, 2.05) is 32.0 Å². The highest BCUT2D eigenvalue weighted by atomic mass is 32.2. The Balaban J connectivity index is 2.25. The molecule has 1 aromatic carbocycles. The first-order valence-corrected chi connectivity index (χ1v) is 6.78. The van der Waals surface area contributed by atoms with Crippen LogP contribution in [0.1, 0.15) is 24.2 Å². The maximum absolute atomic E-state index is 12.2. The van der Waals surface area contributed by atoms with Gasteiger partial charge in [0.1, 0.15) is 11.0 Å². The number of carbonyl (C=O) groups excluding carboxylic acids is 1. The van der Waals surface area contributed by atoms with Crippen LogP contribution in [-0.4, -0.2) is 26.7 Å². The van der Waals surface area contributed by atoms with E-state index in [4.69, 9.17) is 0 Å². The van der Waals surface area contributed by atoms with Gasteiger partial charge in [-0.3, -0.25) is 9.10 Å². The van der Waals surface area contributed by atoms with Crippen molar-refractivity contribution >= 4 is 16.9 Å². The number of hydrogen-bond acceptors (Lipinski definition) is 2. The highest BCUT2D eigenvalue weighted by molar-refractivity contribution is 7.83. The zero-order valence-electron chi connectivity index (χ0n) is 9.97. The molecule has 0 aromatic heterocycles. The van der Waals surface area contributed by atoms with Gasteiger partial charge in [0.05, 0.1) is 12.3 Å². The lowest BCUT2D eigenvalue weighted by Crippen LogP contribution is -2.39. The Morgan fingerprint density at radius 2 is 1.82 bits per heavy atom. The highest BCUT2D eigenvalue weighted by Gasteiger charge is 2.26. The Morgan fingerprint density at radius 3 is 2.47 bits per heavy atom. The van der Waals surface area contributed by atoms with Crippen LogP contribution in [0.3, 0.4) is 0 Å². The van der Waals surface area contributed by atoms with E-state index in [-0.39, 0.29) is 5.91 Å². The van der Waals surface area contributed by atoms with Gasteiger partial charge in [-0.25, -0.2) is 4.21 Å². The van der Waals surface area contributed by atoms with Crippen LogP contribution in [0, 0.1) is 0 Å². The van der Waals surface area contributed by atoms with Crippen molar-refractivity contribution in [3.8, 4) is 0 Å². The maximum atomic E-state index is 12.2. The standard InChI is InChI=1S/C13H15NO2S/c1-10-8-14(17(16)9-11(10)2)13(15)12-6-4-3-5-7-12/h3-7H,8-9H2,1-2H3/t17-/m0/s1. The van der Waals surface area contributed by atoms with Crippen LogP contribution >= 0.6 is 0 Å². The molecule has 0 N–H and O–H groups in total. The van der Waals surface area contributed by atoms with Crippen LogP contribution in [0.25, 0.3) is 0 Å². The molecule has 4 heteroatoms. The molecule has 1 aliphatic rings. The lowest BCUT2D eigenvalue weighted by molar-refractivity contribution is 0.0873. The summed E-state index contributed by atoms with van der Waals surface area (Å²) >= 11 is 0. The monoisotopic (exact) mass is 249 g/mol. The molecule has 0 spiro atoms. The molecule has 1 aliphatic heterocycles. The summed E-state index contributed by atoms with van der Waals surface area (Å²) in [7, 11) is -1.23. The van der Waals surface area contributed by atoms with Crippen LogP contribution < -0.4 is 0 Å². The molecule has 0 fully saturated rings. The summed E-state index contributed by atoms with van der Waals surface area (Å²) in [5.41, 5.74) is 2.85. The molecule has 90 valence electrons. The number of benzene rings is 1. The van der Waals surface area contributed by atoms with E-state index >= 15 is 0 Å². The zero-order valence-corrected chi connectivity index (χ0v) is 10.8. The average Bonchev–Trinajstić information content (AvgIpc) is 2.34. The number of rotatable bonds is 1. The number of amides is 1. The van der Waals surface area contributed by atoms with E-state index in [1.54, 1.807) is 12.1 Å². The first kappa shape index (κ1) is 12.0. The molecule has 0 bridgehead atoms. The van der Waals surface area contributed by atoms with E-state index in [2.05, 4.69) is 0 Å². The van der Waals surface area contributed by atoms with Gasteiger partial charge in [0.15, 0.2) is 0 Å². The van der Waals surface area contributed by atoms with Gasteiger partial charge in [-0.1, -0.05) is 29.3 Å². The summed E-state index contributed by atoms with van der Waals surface area (Å²) in [4.78, 5) is 12.2. The van der Waals surface area contributed by atoms with Crippen molar-refractivity contribution in [3.63, 3.8) is 0 Å². The predicted octanol–water partition coefficient (Wildman–Crippen LogP) is 2.14. The summed E-state index contributed by atoms with van der Waals surface area (Å²) in [6.07, 6.45) is 0. The normalized spacial score (nSPS) is 20.6. The lowest BCUT2D eigenvalue weighted by Gasteiger charge is -2.27. The van der Waals surface area contributed by atoms with Gasteiger partial charge < -0.3 is 0 Å². The Kier molecular flexibility index (Phi) is 3.43. The molecule has 0 radical (unpaired) electrons. The third-order valence-corrected chi connectivity index (χ3v) is 4.41. The van der Waals surface area contributed by atoms with Crippen molar-refractivity contribution in [2.24, 2.45) is 0 Å². The smallest absolute Gasteiger partial charge is 0.265 e. The molecule has 0 saturated heterocycles. The van der Waals surface area contributed by atoms with Crippen molar-refractivity contribution in [1.82, 2.24) is 4.31 Å². The molecular weight excluding hydrogens is 234 g/mol. The Hall–Kier alpha value is -1.42. The fraction of sp³-hybridized carbons (Fsp3) is 0.308. The quantitative estimate of drug-likeness (QED) is 0.715. The SMILES string of the molecule is CC1=C(C)C[S@](=O)N(C(=O)c2ccccc2)C1. The van der Waals surface area contributed by atoms with Gasteiger partial charge in [-0.2, -0.15) is 0 Å². The van der Waals surface area contributed by atoms with Crippen molar-refractivity contribution in [2.75, 3.05) is 12.3 Å². The largest absolute Gasteiger partial charge is 0.268 e. The first-order valence-electron chi connectivity index (χ1n) is 5.50. The predicted molar refractivity (Wildman–Crippen MR) is 68.9 cm³/mol. The summed E-state index contributed by atoms with van der Waals surface area (Å²) in [5, 5.41) is 0. The maximum Gasteiger partial charge on any atom is 0.265 e. The van der Waals surface area contributed by atoms with E-state index in [0.29, 0.717) is 17.9 Å². The minimum absolute atomic E-state index is 0.157. The third-order valence-electron chi connectivity index (χ3n) is 2.94. The Bertz CT molecular complexity index is 493. The van der Waals surface area contributed by atoms with Gasteiger partial charge >= 0.3 is 0 Å². The zero-order chi connectivity index (χ0) is 12.4. The minimum atomic E-state index is -1.23. The third kappa shape index (κ3) is 2.47. The molecule has 0 saturated carbocycles. The van der Waals surface area contributed by atoms with Crippen LogP contribution in [-0.2, 0) is 11.0 Å². The van der Waals surface area contributed by atoms with Gasteiger partial charge in [0, 0.05) is 5.56 Å². The van der Waals surface area contributed by atoms with Crippen molar-refractivity contribution < 1.29 is 9.00 Å². The first-order chi connectivity index (χ1) is 8.09. The fourth-order valence-electron chi connectivity index (χ4n) is 1.70. The average molecular weight is 249 g/mol. The molecule has 2 rings (SSSR count). The molecule has 1 aromatic rings. The van der Waals surface area contributed by atoms with E-state index in [0.717, 1.165) is 11.1 Å². The van der Waals surface area contributed by atoms with Crippen LogP contribution in [0.2, 0.25) is 0 Å². The van der Waals surface area contributed by atoms with Crippen molar-refractivity contribution in [2.45, 2.75) is 13.8 Å². The number of nitrogens with zero attached hydrogens (tertiary/aromatic N) is 1. The number of hydrogen-bond donors (Lipinski definition) is 0. The Labute approximate surface area is 104 Å². The highest BCUT2D eigenvalue weighted by Crippen LogP contribution is 2.19. The molecule has 0 unspecified atom stereocenters. The Morgan fingerprint density at radius 1 is 1.18 bits per heavy atom. The van der Waals surface area contributed by atoms with Crippen LogP contribution in [0.15, 0.2) is 41.5 Å². The molecular formula is C13H15NO2S. The van der Waals surface area contributed by atoms with Gasteiger partial charge in [-0.05, 0) is 26.0 Å². The fourth-order valence-corrected chi connectivity index (χ4v) is 3.10. The lowest BCUT2D eigenvalue weighted by atomic mass is 10.1. The van der Waals surface area contributed by atoms with Gasteiger partial charge in [-0.15, -0.1) is 0 Å². The second-order valence-electron chi connectivity index (χ2n) is 4.23. The topological polar surface area (TPSA) is 37.4 Å². The molecule has 0 aliphatic carbocycles. The summed E-state index contributed by atoms with van der Waals surface area (Å²) in [6.45, 7) is 4.42. The minimum Gasteiger partial charge on any atom is -0.268 e. The van der Waals surface area contributed by atoms with E-state index < -0.39 is 11.0 Å². The van der Waals surface area contributed by atoms with Crippen molar-refractivity contribution in [1.29, 1.82) is 0 Å². The second-order valence-corrected chi connectivity index (χ2v) is 5.61. The molecule has 1 amide bonds. The summed E-state index contributed by atoms with van der Waals surface area (Å²) in [6, 6.07) is 8.99.